The van der Waals surface area contributed by atoms with Crippen molar-refractivity contribution in [3.63, 3.8) is 0 Å². The van der Waals surface area contributed by atoms with Crippen molar-refractivity contribution < 1.29 is 0 Å². The normalized spacial score (nSPS) is 13.2. The SMILES string of the molecule is Cc1cc(C)c(-c2ccnn2-c2ccc(C3(c4ccccc4)c4ccccc4-c4ccccc43)cc2C)c(C)c1. The van der Waals surface area contributed by atoms with Crippen LogP contribution in [0.25, 0.3) is 28.1 Å². The Morgan fingerprint density at radius 2 is 1.15 bits per heavy atom. The molecule has 1 aliphatic carbocycles. The van der Waals surface area contributed by atoms with Gasteiger partial charge in [-0.2, -0.15) is 5.10 Å². The minimum atomic E-state index is -0.394. The van der Waals surface area contributed by atoms with Crippen molar-refractivity contribution in [2.45, 2.75) is 33.1 Å². The average Bonchev–Trinajstić information content (AvgIpc) is 3.55. The van der Waals surface area contributed by atoms with E-state index in [1.54, 1.807) is 0 Å². The van der Waals surface area contributed by atoms with Crippen LogP contribution in [0.3, 0.4) is 0 Å². The smallest absolute Gasteiger partial charge is 0.0746 e. The van der Waals surface area contributed by atoms with Crippen LogP contribution < -0.4 is 0 Å². The van der Waals surface area contributed by atoms with Crippen LogP contribution in [0.4, 0.5) is 0 Å². The van der Waals surface area contributed by atoms with E-state index in [1.807, 2.05) is 6.20 Å². The molecule has 0 atom stereocenters. The van der Waals surface area contributed by atoms with Gasteiger partial charge in [0.1, 0.15) is 0 Å². The molecule has 2 nitrogen and oxygen atoms in total. The molecule has 40 heavy (non-hydrogen) atoms. The summed E-state index contributed by atoms with van der Waals surface area (Å²) in [6.45, 7) is 8.76. The zero-order valence-corrected chi connectivity index (χ0v) is 23.4. The second-order valence-corrected chi connectivity index (χ2v) is 11.1. The third kappa shape index (κ3) is 3.46. The van der Waals surface area contributed by atoms with Gasteiger partial charge in [-0.05, 0) is 89.9 Å². The van der Waals surface area contributed by atoms with Crippen LogP contribution >= 0.6 is 0 Å². The molecule has 0 aliphatic heterocycles. The van der Waals surface area contributed by atoms with Gasteiger partial charge in [-0.15, -0.1) is 0 Å². The van der Waals surface area contributed by atoms with Gasteiger partial charge in [0, 0.05) is 5.56 Å². The third-order valence-electron chi connectivity index (χ3n) is 8.59. The molecule has 0 fully saturated rings. The number of rotatable bonds is 4. The quantitative estimate of drug-likeness (QED) is 0.228. The Labute approximate surface area is 236 Å². The van der Waals surface area contributed by atoms with E-state index < -0.39 is 5.41 Å². The summed E-state index contributed by atoms with van der Waals surface area (Å²) >= 11 is 0. The van der Waals surface area contributed by atoms with Crippen LogP contribution in [0.2, 0.25) is 0 Å². The lowest BCUT2D eigenvalue weighted by Crippen LogP contribution is -2.28. The van der Waals surface area contributed by atoms with Crippen molar-refractivity contribution in [1.29, 1.82) is 0 Å². The topological polar surface area (TPSA) is 17.8 Å². The Morgan fingerprint density at radius 3 is 1.77 bits per heavy atom. The second kappa shape index (κ2) is 9.20. The predicted octanol–water partition coefficient (Wildman–Crippen LogP) is 9.14. The van der Waals surface area contributed by atoms with E-state index in [2.05, 4.69) is 148 Å². The Hall–Kier alpha value is -4.69. The first-order valence-electron chi connectivity index (χ1n) is 14.0. The van der Waals surface area contributed by atoms with Crippen LogP contribution in [0.15, 0.2) is 121 Å². The average molecular weight is 517 g/mol. The lowest BCUT2D eigenvalue weighted by Gasteiger charge is -2.34. The van der Waals surface area contributed by atoms with Gasteiger partial charge in [0.25, 0.3) is 0 Å². The standard InChI is InChI=1S/C38H32N2/c1-25-22-27(3)37(28(4)23-25)36-20-21-39-40(36)35-19-18-30(24-26(35)2)38(29-12-6-5-7-13-29)33-16-10-8-14-31(33)32-15-9-11-17-34(32)38/h5-24H,1-4H3. The summed E-state index contributed by atoms with van der Waals surface area (Å²) in [5, 5.41) is 4.82. The molecule has 2 heteroatoms. The van der Waals surface area contributed by atoms with E-state index in [4.69, 9.17) is 5.10 Å². The van der Waals surface area contributed by atoms with Crippen LogP contribution in [-0.4, -0.2) is 9.78 Å². The van der Waals surface area contributed by atoms with E-state index in [9.17, 15) is 0 Å². The van der Waals surface area contributed by atoms with Crippen molar-refractivity contribution in [3.05, 3.63) is 166 Å². The van der Waals surface area contributed by atoms with E-state index in [-0.39, 0.29) is 0 Å². The first kappa shape index (κ1) is 24.4. The van der Waals surface area contributed by atoms with Gasteiger partial charge >= 0.3 is 0 Å². The van der Waals surface area contributed by atoms with Crippen molar-refractivity contribution in [2.75, 3.05) is 0 Å². The predicted molar refractivity (Wildman–Crippen MR) is 165 cm³/mol. The fourth-order valence-electron chi connectivity index (χ4n) is 7.11. The lowest BCUT2D eigenvalue weighted by molar-refractivity contribution is 0.765. The highest BCUT2D eigenvalue weighted by molar-refractivity contribution is 5.86. The first-order chi connectivity index (χ1) is 19.5. The maximum atomic E-state index is 4.82. The molecule has 5 aromatic carbocycles. The van der Waals surface area contributed by atoms with E-state index in [1.165, 1.54) is 61.2 Å². The van der Waals surface area contributed by atoms with Crippen molar-refractivity contribution in [2.24, 2.45) is 0 Å². The van der Waals surface area contributed by atoms with Crippen molar-refractivity contribution in [1.82, 2.24) is 9.78 Å². The summed E-state index contributed by atoms with van der Waals surface area (Å²) in [4.78, 5) is 0. The molecule has 1 aromatic heterocycles. The Bertz CT molecular complexity index is 1820. The largest absolute Gasteiger partial charge is 0.233 e. The molecule has 0 saturated carbocycles. The minimum absolute atomic E-state index is 0.394. The van der Waals surface area contributed by atoms with E-state index in [0.717, 1.165) is 11.4 Å². The molecule has 1 heterocycles. The van der Waals surface area contributed by atoms with Crippen LogP contribution in [0.5, 0.6) is 0 Å². The van der Waals surface area contributed by atoms with Crippen LogP contribution in [0.1, 0.15) is 44.5 Å². The first-order valence-corrected chi connectivity index (χ1v) is 14.0. The molecular weight excluding hydrogens is 484 g/mol. The highest BCUT2D eigenvalue weighted by Crippen LogP contribution is 2.56. The van der Waals surface area contributed by atoms with Gasteiger partial charge < -0.3 is 0 Å². The zero-order valence-electron chi connectivity index (χ0n) is 23.4. The second-order valence-electron chi connectivity index (χ2n) is 11.1. The number of fused-ring (bicyclic) bond motifs is 3. The molecule has 0 bridgehead atoms. The van der Waals surface area contributed by atoms with Gasteiger partial charge in [-0.1, -0.05) is 109 Å². The molecule has 194 valence electrons. The lowest BCUT2D eigenvalue weighted by atomic mass is 9.67. The van der Waals surface area contributed by atoms with Crippen molar-refractivity contribution in [3.8, 4) is 28.1 Å². The van der Waals surface area contributed by atoms with Gasteiger partial charge in [-0.3, -0.25) is 0 Å². The summed E-state index contributed by atoms with van der Waals surface area (Å²) in [5.41, 5.74) is 16.0. The Balaban J connectivity index is 1.46. The van der Waals surface area contributed by atoms with Gasteiger partial charge in [0.15, 0.2) is 0 Å². The number of aryl methyl sites for hydroxylation is 4. The summed E-state index contributed by atoms with van der Waals surface area (Å²) in [5.74, 6) is 0. The molecule has 0 radical (unpaired) electrons. The fraction of sp³-hybridized carbons (Fsp3) is 0.132. The fourth-order valence-corrected chi connectivity index (χ4v) is 7.11. The molecule has 0 unspecified atom stereocenters. The maximum absolute atomic E-state index is 4.82. The van der Waals surface area contributed by atoms with E-state index in [0.29, 0.717) is 0 Å². The van der Waals surface area contributed by atoms with Gasteiger partial charge in [-0.25, -0.2) is 4.68 Å². The summed E-state index contributed by atoms with van der Waals surface area (Å²) in [6, 6.07) is 42.4. The molecule has 0 N–H and O–H groups in total. The number of nitrogens with zero attached hydrogens (tertiary/aromatic N) is 2. The zero-order chi connectivity index (χ0) is 27.4. The minimum Gasteiger partial charge on any atom is -0.233 e. The molecule has 1 aliphatic rings. The molecule has 0 spiro atoms. The summed E-state index contributed by atoms with van der Waals surface area (Å²) in [7, 11) is 0. The Morgan fingerprint density at radius 1 is 0.550 bits per heavy atom. The molecule has 6 aromatic rings. The summed E-state index contributed by atoms with van der Waals surface area (Å²) < 4.78 is 2.11. The Kier molecular flexibility index (Phi) is 5.61. The van der Waals surface area contributed by atoms with Gasteiger partial charge in [0.05, 0.1) is 23.0 Å². The number of benzene rings is 5. The van der Waals surface area contributed by atoms with E-state index >= 15 is 0 Å². The molecule has 0 saturated heterocycles. The summed E-state index contributed by atoms with van der Waals surface area (Å²) in [6.07, 6.45) is 1.91. The van der Waals surface area contributed by atoms with Gasteiger partial charge in [0.2, 0.25) is 0 Å². The van der Waals surface area contributed by atoms with Crippen molar-refractivity contribution >= 4 is 0 Å². The molecular formula is C38H32N2. The monoisotopic (exact) mass is 516 g/mol. The maximum Gasteiger partial charge on any atom is 0.0746 e. The highest BCUT2D eigenvalue weighted by atomic mass is 15.3. The molecule has 7 rings (SSSR count). The van der Waals surface area contributed by atoms with Crippen LogP contribution in [-0.2, 0) is 5.41 Å². The number of aromatic nitrogens is 2. The highest BCUT2D eigenvalue weighted by Gasteiger charge is 2.45. The molecule has 0 amide bonds. The number of hydrogen-bond acceptors (Lipinski definition) is 1. The third-order valence-corrected chi connectivity index (χ3v) is 8.59. The van der Waals surface area contributed by atoms with Crippen LogP contribution in [0, 0.1) is 27.7 Å². The number of hydrogen-bond donors (Lipinski definition) is 0.